The third-order valence-electron chi connectivity index (χ3n) is 8.19. The van der Waals surface area contributed by atoms with E-state index in [0.29, 0.717) is 0 Å². The highest BCUT2D eigenvalue weighted by Gasteiger charge is 2.59. The molecule has 0 bridgehead atoms. The Bertz CT molecular complexity index is 1160. The second-order valence-corrected chi connectivity index (χ2v) is 10.3. The fraction of sp³-hybridized carbons (Fsp3) is 0.379. The Balaban J connectivity index is 1.62. The van der Waals surface area contributed by atoms with Crippen LogP contribution in [0, 0.1) is 18.3 Å². The molecule has 1 N–H and O–H groups in total. The zero-order valence-corrected chi connectivity index (χ0v) is 20.3. The largest absolute Gasteiger partial charge is 0.353 e. The molecule has 5 atom stereocenters. The zero-order chi connectivity index (χ0) is 23.2. The van der Waals surface area contributed by atoms with E-state index in [0.717, 1.165) is 35.4 Å². The van der Waals surface area contributed by atoms with Gasteiger partial charge < -0.3 is 5.32 Å². The number of benzene rings is 2. The summed E-state index contributed by atoms with van der Waals surface area (Å²) in [5.74, 6) is 0.960. The number of pyridine rings is 1. The summed E-state index contributed by atoms with van der Waals surface area (Å²) in [6.07, 6.45) is 6.43. The standard InChI is InChI=1S/C29H31ClN2O/c1-4-29-14-13-24(23-12-7-18(2)16-25(23)30)26(27(29)19(3)32-28(29)33)21-10-8-20(9-11-21)22-6-5-15-31-17-22/h5-12,15-17,19,24,26-27H,4,13-14H2,1-3H3,(H,32,33)/t19-,24+,26-,27+,29-/m1/s1. The maximum atomic E-state index is 13.2. The van der Waals surface area contributed by atoms with Crippen LogP contribution in [-0.4, -0.2) is 16.9 Å². The number of halogens is 1. The number of fused-ring (bicyclic) bond motifs is 1. The Morgan fingerprint density at radius 1 is 1.12 bits per heavy atom. The highest BCUT2D eigenvalue weighted by molar-refractivity contribution is 6.31. The van der Waals surface area contributed by atoms with Crippen LogP contribution in [0.4, 0.5) is 0 Å². The van der Waals surface area contributed by atoms with Crippen LogP contribution in [0.2, 0.25) is 5.02 Å². The summed E-state index contributed by atoms with van der Waals surface area (Å²) >= 11 is 6.81. The molecular weight excluding hydrogens is 428 g/mol. The number of rotatable bonds is 4. The maximum absolute atomic E-state index is 13.2. The first-order chi connectivity index (χ1) is 15.9. The quantitative estimate of drug-likeness (QED) is 0.461. The Morgan fingerprint density at radius 2 is 1.91 bits per heavy atom. The maximum Gasteiger partial charge on any atom is 0.226 e. The molecule has 0 radical (unpaired) electrons. The minimum absolute atomic E-state index is 0.132. The van der Waals surface area contributed by atoms with Gasteiger partial charge >= 0.3 is 0 Å². The highest BCUT2D eigenvalue weighted by atomic mass is 35.5. The van der Waals surface area contributed by atoms with Gasteiger partial charge in [-0.2, -0.15) is 0 Å². The lowest BCUT2D eigenvalue weighted by atomic mass is 9.54. The molecule has 1 saturated carbocycles. The summed E-state index contributed by atoms with van der Waals surface area (Å²) in [6.45, 7) is 6.43. The summed E-state index contributed by atoms with van der Waals surface area (Å²) in [5, 5.41) is 4.14. The fourth-order valence-corrected chi connectivity index (χ4v) is 6.95. The van der Waals surface area contributed by atoms with Crippen molar-refractivity contribution in [3.63, 3.8) is 0 Å². The molecule has 5 rings (SSSR count). The number of nitrogens with one attached hydrogen (secondary N) is 1. The number of carbonyl (C=O) groups excluding carboxylic acids is 1. The van der Waals surface area contributed by atoms with Crippen molar-refractivity contribution in [1.82, 2.24) is 10.3 Å². The minimum Gasteiger partial charge on any atom is -0.353 e. The van der Waals surface area contributed by atoms with Crippen LogP contribution in [0.15, 0.2) is 67.0 Å². The molecule has 1 saturated heterocycles. The Morgan fingerprint density at radius 3 is 2.58 bits per heavy atom. The first-order valence-electron chi connectivity index (χ1n) is 12.0. The van der Waals surface area contributed by atoms with Crippen molar-refractivity contribution in [2.45, 2.75) is 57.9 Å². The van der Waals surface area contributed by atoms with Gasteiger partial charge in [0.2, 0.25) is 5.91 Å². The summed E-state index contributed by atoms with van der Waals surface area (Å²) in [5.41, 5.74) is 5.63. The third kappa shape index (κ3) is 3.67. The van der Waals surface area contributed by atoms with Crippen LogP contribution < -0.4 is 5.32 Å². The predicted octanol–water partition coefficient (Wildman–Crippen LogP) is 6.90. The number of carbonyl (C=O) groups is 1. The van der Waals surface area contributed by atoms with Crippen LogP contribution in [0.5, 0.6) is 0 Å². The van der Waals surface area contributed by atoms with Crippen molar-refractivity contribution in [2.24, 2.45) is 11.3 Å². The molecular formula is C29H31ClN2O. The number of nitrogens with zero attached hydrogens (tertiary/aromatic N) is 1. The molecule has 1 aliphatic carbocycles. The van der Waals surface area contributed by atoms with Crippen molar-refractivity contribution in [3.8, 4) is 11.1 Å². The van der Waals surface area contributed by atoms with Gasteiger partial charge in [0, 0.05) is 29.4 Å². The topological polar surface area (TPSA) is 42.0 Å². The lowest BCUT2D eigenvalue weighted by Crippen LogP contribution is -2.43. The smallest absolute Gasteiger partial charge is 0.226 e. The SMILES string of the molecule is CC[C@@]12CC[C@@H](c3ccc(C)cc3Cl)[C@@H](c3ccc(-c4cccnc4)cc3)[C@@H]1[C@@H](C)NC2=O. The van der Waals surface area contributed by atoms with E-state index in [1.807, 2.05) is 12.3 Å². The van der Waals surface area contributed by atoms with Gasteiger partial charge in [-0.05, 0) is 84.9 Å². The van der Waals surface area contributed by atoms with Crippen molar-refractivity contribution < 1.29 is 4.79 Å². The van der Waals surface area contributed by atoms with Gasteiger partial charge in [-0.1, -0.05) is 61.0 Å². The molecule has 2 aromatic carbocycles. The molecule has 2 fully saturated rings. The Labute approximate surface area is 201 Å². The van der Waals surface area contributed by atoms with E-state index in [1.165, 1.54) is 16.7 Å². The average Bonchev–Trinajstić information content (AvgIpc) is 3.09. The van der Waals surface area contributed by atoms with Crippen LogP contribution in [0.1, 0.15) is 61.6 Å². The normalized spacial score (nSPS) is 28.9. The van der Waals surface area contributed by atoms with Gasteiger partial charge in [0.05, 0.1) is 5.41 Å². The molecule has 3 nitrogen and oxygen atoms in total. The molecule has 33 heavy (non-hydrogen) atoms. The van der Waals surface area contributed by atoms with E-state index < -0.39 is 0 Å². The van der Waals surface area contributed by atoms with Crippen molar-refractivity contribution in [2.75, 3.05) is 0 Å². The summed E-state index contributed by atoms with van der Waals surface area (Å²) in [6, 6.07) is 19.5. The fourth-order valence-electron chi connectivity index (χ4n) is 6.57. The number of amides is 1. The first-order valence-corrected chi connectivity index (χ1v) is 12.4. The zero-order valence-electron chi connectivity index (χ0n) is 19.5. The predicted molar refractivity (Wildman–Crippen MR) is 134 cm³/mol. The second-order valence-electron chi connectivity index (χ2n) is 9.86. The number of aryl methyl sites for hydroxylation is 1. The van der Waals surface area contributed by atoms with Crippen LogP contribution in [0.25, 0.3) is 11.1 Å². The van der Waals surface area contributed by atoms with Gasteiger partial charge in [-0.25, -0.2) is 0 Å². The van der Waals surface area contributed by atoms with Crippen LogP contribution >= 0.6 is 11.6 Å². The second kappa shape index (κ2) is 8.61. The molecule has 2 heterocycles. The number of aromatic nitrogens is 1. The summed E-state index contributed by atoms with van der Waals surface area (Å²) in [4.78, 5) is 17.5. The van der Waals surface area contributed by atoms with E-state index in [-0.39, 0.29) is 35.1 Å². The summed E-state index contributed by atoms with van der Waals surface area (Å²) in [7, 11) is 0. The molecule has 0 unspecified atom stereocenters. The molecule has 1 aromatic heterocycles. The lowest BCUT2D eigenvalue weighted by molar-refractivity contribution is -0.131. The summed E-state index contributed by atoms with van der Waals surface area (Å²) < 4.78 is 0. The molecule has 170 valence electrons. The van der Waals surface area contributed by atoms with Gasteiger partial charge in [-0.15, -0.1) is 0 Å². The molecule has 1 amide bonds. The monoisotopic (exact) mass is 458 g/mol. The van der Waals surface area contributed by atoms with Gasteiger partial charge in [0.1, 0.15) is 0 Å². The Kier molecular flexibility index (Phi) is 5.78. The van der Waals surface area contributed by atoms with E-state index >= 15 is 0 Å². The Hall–Kier alpha value is -2.65. The van der Waals surface area contributed by atoms with Crippen LogP contribution in [0.3, 0.4) is 0 Å². The average molecular weight is 459 g/mol. The van der Waals surface area contributed by atoms with E-state index in [1.54, 1.807) is 6.20 Å². The molecule has 3 aromatic rings. The number of hydrogen-bond donors (Lipinski definition) is 1. The van der Waals surface area contributed by atoms with Gasteiger partial charge in [0.25, 0.3) is 0 Å². The highest BCUT2D eigenvalue weighted by Crippen LogP contribution is 2.60. The van der Waals surface area contributed by atoms with Crippen molar-refractivity contribution in [3.05, 3.63) is 88.7 Å². The van der Waals surface area contributed by atoms with Gasteiger partial charge in [0.15, 0.2) is 0 Å². The van der Waals surface area contributed by atoms with E-state index in [9.17, 15) is 4.79 Å². The third-order valence-corrected chi connectivity index (χ3v) is 8.51. The van der Waals surface area contributed by atoms with Crippen LogP contribution in [-0.2, 0) is 4.79 Å². The lowest BCUT2D eigenvalue weighted by Gasteiger charge is -2.47. The molecule has 2 aliphatic rings. The molecule has 0 spiro atoms. The van der Waals surface area contributed by atoms with E-state index in [2.05, 4.69) is 79.6 Å². The van der Waals surface area contributed by atoms with E-state index in [4.69, 9.17) is 11.6 Å². The first kappa shape index (κ1) is 22.2. The van der Waals surface area contributed by atoms with Gasteiger partial charge in [-0.3, -0.25) is 9.78 Å². The molecule has 4 heteroatoms. The van der Waals surface area contributed by atoms with Crippen molar-refractivity contribution in [1.29, 1.82) is 0 Å². The van der Waals surface area contributed by atoms with Crippen molar-refractivity contribution >= 4 is 17.5 Å². The number of hydrogen-bond acceptors (Lipinski definition) is 2. The minimum atomic E-state index is -0.306. The molecule has 1 aliphatic heterocycles.